The van der Waals surface area contributed by atoms with E-state index in [1.165, 1.54) is 29.7 Å². The van der Waals surface area contributed by atoms with Gasteiger partial charge in [0.25, 0.3) is 11.8 Å². The molecule has 0 aliphatic carbocycles. The lowest BCUT2D eigenvalue weighted by Crippen LogP contribution is -2.15. The molecule has 0 saturated carbocycles. The average Bonchev–Trinajstić information content (AvgIpc) is 3.42. The molecule has 4 aromatic rings. The maximum Gasteiger partial charge on any atom is 0.291 e. The summed E-state index contributed by atoms with van der Waals surface area (Å²) in [5.41, 5.74) is 2.42. The number of hydrogen-bond donors (Lipinski definition) is 2. The minimum Gasteiger partial charge on any atom is -0.459 e. The van der Waals surface area contributed by atoms with Crippen molar-refractivity contribution in [2.24, 2.45) is 0 Å². The van der Waals surface area contributed by atoms with Crippen LogP contribution in [0.3, 0.4) is 0 Å². The molecule has 2 N–H and O–H groups in total. The second-order valence-corrected chi connectivity index (χ2v) is 8.17. The summed E-state index contributed by atoms with van der Waals surface area (Å²) in [6, 6.07) is 11.6. The zero-order valence-corrected chi connectivity index (χ0v) is 17.8. The van der Waals surface area contributed by atoms with Crippen LogP contribution in [-0.4, -0.2) is 16.8 Å². The fourth-order valence-corrected chi connectivity index (χ4v) is 3.85. The quantitative estimate of drug-likeness (QED) is 0.400. The predicted octanol–water partition coefficient (Wildman–Crippen LogP) is 5.80. The van der Waals surface area contributed by atoms with Gasteiger partial charge in [0, 0.05) is 21.7 Å². The van der Waals surface area contributed by atoms with E-state index in [1.807, 2.05) is 0 Å². The number of thiazole rings is 1. The van der Waals surface area contributed by atoms with E-state index in [1.54, 1.807) is 38.1 Å². The predicted molar refractivity (Wildman–Crippen MR) is 118 cm³/mol. The molecule has 162 valence electrons. The molecule has 32 heavy (non-hydrogen) atoms. The van der Waals surface area contributed by atoms with Gasteiger partial charge in [-0.2, -0.15) is 0 Å². The molecule has 2 aromatic carbocycles. The van der Waals surface area contributed by atoms with E-state index in [0.29, 0.717) is 27.6 Å². The zero-order valence-electron chi connectivity index (χ0n) is 17.0. The van der Waals surface area contributed by atoms with E-state index in [-0.39, 0.29) is 5.76 Å². The van der Waals surface area contributed by atoms with Gasteiger partial charge in [-0.15, -0.1) is 11.3 Å². The van der Waals surface area contributed by atoms with Crippen molar-refractivity contribution in [2.45, 2.75) is 13.8 Å². The zero-order chi connectivity index (χ0) is 22.8. The van der Waals surface area contributed by atoms with Crippen LogP contribution in [0, 0.1) is 25.5 Å². The SMILES string of the molecule is Cc1ccc(C(=O)Nc2nc(-c3ccc(F)c(F)c3)c(C)s2)cc1NC(=O)c1ccco1. The number of aromatic nitrogens is 1. The van der Waals surface area contributed by atoms with Crippen molar-refractivity contribution in [1.82, 2.24) is 4.98 Å². The van der Waals surface area contributed by atoms with Gasteiger partial charge in [-0.3, -0.25) is 14.9 Å². The molecule has 0 radical (unpaired) electrons. The van der Waals surface area contributed by atoms with Crippen LogP contribution in [0.2, 0.25) is 0 Å². The largest absolute Gasteiger partial charge is 0.459 e. The van der Waals surface area contributed by atoms with Gasteiger partial charge in [0.15, 0.2) is 22.5 Å². The Bertz CT molecular complexity index is 1320. The Kier molecular flexibility index (Phi) is 5.83. The fourth-order valence-electron chi connectivity index (χ4n) is 3.02. The number of halogens is 2. The molecule has 0 aliphatic rings. The van der Waals surface area contributed by atoms with Crippen molar-refractivity contribution in [3.8, 4) is 11.3 Å². The van der Waals surface area contributed by atoms with Crippen molar-refractivity contribution in [3.63, 3.8) is 0 Å². The second-order valence-electron chi connectivity index (χ2n) is 6.97. The summed E-state index contributed by atoms with van der Waals surface area (Å²) in [5.74, 6) is -2.61. The highest BCUT2D eigenvalue weighted by Crippen LogP contribution is 2.31. The minimum atomic E-state index is -0.968. The van der Waals surface area contributed by atoms with Crippen LogP contribution >= 0.6 is 11.3 Å². The number of rotatable bonds is 5. The number of amides is 2. The number of hydrogen-bond acceptors (Lipinski definition) is 5. The van der Waals surface area contributed by atoms with Crippen molar-refractivity contribution in [3.05, 3.63) is 88.2 Å². The smallest absolute Gasteiger partial charge is 0.291 e. The maximum absolute atomic E-state index is 13.6. The van der Waals surface area contributed by atoms with Crippen molar-refractivity contribution >= 4 is 34.0 Å². The Hall–Kier alpha value is -3.85. The first-order valence-corrected chi connectivity index (χ1v) is 10.3. The number of carbonyl (C=O) groups is 2. The molecule has 0 bridgehead atoms. The molecular formula is C23H17F2N3O3S. The summed E-state index contributed by atoms with van der Waals surface area (Å²) in [6.45, 7) is 3.58. The molecule has 6 nitrogen and oxygen atoms in total. The summed E-state index contributed by atoms with van der Waals surface area (Å²) < 4.78 is 31.9. The second kappa shape index (κ2) is 8.72. The maximum atomic E-state index is 13.6. The van der Waals surface area contributed by atoms with Gasteiger partial charge in [0.05, 0.1) is 12.0 Å². The molecule has 9 heteroatoms. The van der Waals surface area contributed by atoms with E-state index in [4.69, 9.17) is 4.42 Å². The summed E-state index contributed by atoms with van der Waals surface area (Å²) in [6.07, 6.45) is 1.40. The van der Waals surface area contributed by atoms with Gasteiger partial charge in [-0.25, -0.2) is 13.8 Å². The summed E-state index contributed by atoms with van der Waals surface area (Å²) >= 11 is 1.22. The van der Waals surface area contributed by atoms with Gasteiger partial charge < -0.3 is 9.73 Å². The van der Waals surface area contributed by atoms with E-state index in [2.05, 4.69) is 15.6 Å². The molecule has 0 atom stereocenters. The molecule has 2 heterocycles. The summed E-state index contributed by atoms with van der Waals surface area (Å²) in [7, 11) is 0. The van der Waals surface area contributed by atoms with Crippen molar-refractivity contribution < 1.29 is 22.8 Å². The van der Waals surface area contributed by atoms with Gasteiger partial charge in [0.2, 0.25) is 0 Å². The number of nitrogens with one attached hydrogen (secondary N) is 2. The summed E-state index contributed by atoms with van der Waals surface area (Å²) in [5, 5.41) is 5.75. The normalized spacial score (nSPS) is 10.8. The molecule has 0 aliphatic heterocycles. The third-order valence-corrected chi connectivity index (χ3v) is 5.59. The van der Waals surface area contributed by atoms with Crippen LogP contribution in [-0.2, 0) is 0 Å². The highest BCUT2D eigenvalue weighted by atomic mass is 32.1. The molecule has 0 unspecified atom stereocenters. The van der Waals surface area contributed by atoms with Crippen LogP contribution in [0.15, 0.2) is 59.2 Å². The lowest BCUT2D eigenvalue weighted by atomic mass is 10.1. The lowest BCUT2D eigenvalue weighted by molar-refractivity contribution is 0.0993. The average molecular weight is 453 g/mol. The first-order valence-electron chi connectivity index (χ1n) is 9.51. The third kappa shape index (κ3) is 4.42. The van der Waals surface area contributed by atoms with Gasteiger partial charge in [0.1, 0.15) is 0 Å². The summed E-state index contributed by atoms with van der Waals surface area (Å²) in [4.78, 5) is 30.1. The van der Waals surface area contributed by atoms with E-state index in [9.17, 15) is 18.4 Å². The first kappa shape index (κ1) is 21.4. The Morgan fingerprint density at radius 1 is 0.969 bits per heavy atom. The van der Waals surface area contributed by atoms with Crippen LogP contribution < -0.4 is 10.6 Å². The molecule has 2 aromatic heterocycles. The number of anilines is 2. The standard InChI is InChI=1S/C23H17F2N3O3S/c1-12-5-6-15(11-18(12)26-22(30)19-4-3-9-31-19)21(29)28-23-27-20(13(2)32-23)14-7-8-16(24)17(25)10-14/h3-11H,1-2H3,(H,26,30)(H,27,28,29). The molecule has 0 spiro atoms. The monoisotopic (exact) mass is 453 g/mol. The van der Waals surface area contributed by atoms with Crippen LogP contribution in [0.4, 0.5) is 19.6 Å². The van der Waals surface area contributed by atoms with Gasteiger partial charge >= 0.3 is 0 Å². The minimum absolute atomic E-state index is 0.155. The molecule has 0 saturated heterocycles. The highest BCUT2D eigenvalue weighted by Gasteiger charge is 2.16. The van der Waals surface area contributed by atoms with E-state index < -0.39 is 23.4 Å². The number of carbonyl (C=O) groups excluding carboxylic acids is 2. The van der Waals surface area contributed by atoms with Gasteiger partial charge in [-0.1, -0.05) is 6.07 Å². The van der Waals surface area contributed by atoms with Crippen LogP contribution in [0.25, 0.3) is 11.3 Å². The van der Waals surface area contributed by atoms with Crippen molar-refractivity contribution in [2.75, 3.05) is 10.6 Å². The molecule has 0 fully saturated rings. The Morgan fingerprint density at radius 3 is 2.50 bits per heavy atom. The lowest BCUT2D eigenvalue weighted by Gasteiger charge is -2.09. The fraction of sp³-hybridized carbons (Fsp3) is 0.0870. The molecule has 4 rings (SSSR count). The molecular weight excluding hydrogens is 436 g/mol. The highest BCUT2D eigenvalue weighted by molar-refractivity contribution is 7.16. The van der Waals surface area contributed by atoms with E-state index >= 15 is 0 Å². The Balaban J connectivity index is 1.53. The van der Waals surface area contributed by atoms with Crippen molar-refractivity contribution in [1.29, 1.82) is 0 Å². The Labute approximate surface area is 185 Å². The number of nitrogens with zero attached hydrogens (tertiary/aromatic N) is 1. The topological polar surface area (TPSA) is 84.2 Å². The number of aryl methyl sites for hydroxylation is 2. The van der Waals surface area contributed by atoms with Crippen LogP contribution in [0.5, 0.6) is 0 Å². The molecule has 2 amide bonds. The van der Waals surface area contributed by atoms with Crippen LogP contribution in [0.1, 0.15) is 31.4 Å². The first-order chi connectivity index (χ1) is 15.3. The van der Waals surface area contributed by atoms with E-state index in [0.717, 1.165) is 22.6 Å². The number of furan rings is 1. The van der Waals surface area contributed by atoms with Gasteiger partial charge in [-0.05, 0) is 61.9 Å². The third-order valence-electron chi connectivity index (χ3n) is 4.70. The number of benzene rings is 2. The Morgan fingerprint density at radius 2 is 1.78 bits per heavy atom.